The third-order valence-electron chi connectivity index (χ3n) is 4.86. The molecular formula is C17H19N3O5S. The number of rotatable bonds is 2. The maximum Gasteiger partial charge on any atom is 0.283 e. The van der Waals surface area contributed by atoms with E-state index >= 15 is 0 Å². The topological polar surface area (TPSA) is 97.0 Å². The second kappa shape index (κ2) is 6.39. The van der Waals surface area contributed by atoms with Crippen molar-refractivity contribution in [3.8, 4) is 11.5 Å². The molecule has 0 spiro atoms. The number of hydrogen-bond donors (Lipinski definition) is 2. The summed E-state index contributed by atoms with van der Waals surface area (Å²) in [6.45, 7) is 2.03. The summed E-state index contributed by atoms with van der Waals surface area (Å²) in [7, 11) is 0. The molecule has 2 saturated heterocycles. The number of hydrogen-bond acceptors (Lipinski definition) is 6. The highest BCUT2D eigenvalue weighted by Gasteiger charge is 2.53. The first-order valence-corrected chi connectivity index (χ1v) is 9.41. The fourth-order valence-electron chi connectivity index (χ4n) is 3.45. The van der Waals surface area contributed by atoms with E-state index in [1.165, 1.54) is 0 Å². The van der Waals surface area contributed by atoms with E-state index < -0.39 is 24.0 Å². The highest BCUT2D eigenvalue weighted by atomic mass is 32.2. The number of carbonyl (C=O) groups is 3. The number of nitrogens with zero attached hydrogens (tertiary/aromatic N) is 1. The molecule has 1 aromatic carbocycles. The van der Waals surface area contributed by atoms with Gasteiger partial charge in [-0.1, -0.05) is 12.1 Å². The third kappa shape index (κ3) is 2.86. The van der Waals surface area contributed by atoms with Crippen molar-refractivity contribution >= 4 is 29.5 Å². The summed E-state index contributed by atoms with van der Waals surface area (Å²) in [4.78, 5) is 38.1. The molecule has 0 aliphatic carbocycles. The van der Waals surface area contributed by atoms with Crippen LogP contribution in [-0.2, 0) is 14.4 Å². The second-order valence-corrected chi connectivity index (χ2v) is 8.11. The van der Waals surface area contributed by atoms with Crippen molar-refractivity contribution in [3.63, 3.8) is 0 Å². The molecule has 9 heteroatoms. The van der Waals surface area contributed by atoms with Gasteiger partial charge in [-0.05, 0) is 25.5 Å². The first-order chi connectivity index (χ1) is 12.5. The van der Waals surface area contributed by atoms with E-state index in [-0.39, 0.29) is 17.4 Å². The molecule has 26 heavy (non-hydrogen) atoms. The van der Waals surface area contributed by atoms with Crippen molar-refractivity contribution in [2.24, 2.45) is 0 Å². The summed E-state index contributed by atoms with van der Waals surface area (Å²) in [5, 5.41) is 0. The lowest BCUT2D eigenvalue weighted by molar-refractivity contribution is -0.140. The van der Waals surface area contributed by atoms with Crippen molar-refractivity contribution < 1.29 is 23.9 Å². The first kappa shape index (κ1) is 17.0. The minimum absolute atomic E-state index is 0.0235. The van der Waals surface area contributed by atoms with E-state index in [0.29, 0.717) is 23.7 Å². The van der Waals surface area contributed by atoms with Crippen LogP contribution >= 0.6 is 11.8 Å². The van der Waals surface area contributed by atoms with Crippen LogP contribution in [0.2, 0.25) is 0 Å². The minimum atomic E-state index is -0.859. The molecule has 2 N–H and O–H groups in total. The number of carbonyl (C=O) groups excluding carboxylic acids is 3. The number of nitrogens with one attached hydrogen (secondary N) is 2. The molecule has 3 heterocycles. The molecular weight excluding hydrogens is 358 g/mol. The predicted octanol–water partition coefficient (Wildman–Crippen LogP) is 0.428. The molecule has 138 valence electrons. The predicted molar refractivity (Wildman–Crippen MR) is 93.4 cm³/mol. The lowest BCUT2D eigenvalue weighted by Crippen LogP contribution is -2.56. The summed E-state index contributed by atoms with van der Waals surface area (Å²) >= 11 is 1.60. The van der Waals surface area contributed by atoms with Crippen LogP contribution in [0.15, 0.2) is 24.3 Å². The smallest absolute Gasteiger partial charge is 0.283 e. The Morgan fingerprint density at radius 3 is 2.77 bits per heavy atom. The van der Waals surface area contributed by atoms with Crippen LogP contribution in [0.5, 0.6) is 11.5 Å². The fraction of sp³-hybridized carbons (Fsp3) is 0.471. The largest absolute Gasteiger partial charge is 0.485 e. The molecule has 3 amide bonds. The van der Waals surface area contributed by atoms with E-state index in [9.17, 15) is 14.4 Å². The van der Waals surface area contributed by atoms with Gasteiger partial charge in [0.2, 0.25) is 12.0 Å². The summed E-state index contributed by atoms with van der Waals surface area (Å²) in [5.41, 5.74) is 4.79. The summed E-state index contributed by atoms with van der Waals surface area (Å²) < 4.78 is 11.1. The highest BCUT2D eigenvalue weighted by Crippen LogP contribution is 2.47. The van der Waals surface area contributed by atoms with Crippen LogP contribution in [0, 0.1) is 0 Å². The van der Waals surface area contributed by atoms with Crippen LogP contribution < -0.4 is 20.3 Å². The number of fused-ring (bicyclic) bond motifs is 2. The molecule has 0 unspecified atom stereocenters. The van der Waals surface area contributed by atoms with Gasteiger partial charge in [0, 0.05) is 12.2 Å². The third-order valence-corrected chi connectivity index (χ3v) is 6.36. The molecule has 2 fully saturated rings. The lowest BCUT2D eigenvalue weighted by atomic mass is 10.2. The average molecular weight is 377 g/mol. The van der Waals surface area contributed by atoms with Gasteiger partial charge in [0.05, 0.1) is 4.87 Å². The summed E-state index contributed by atoms with van der Waals surface area (Å²) in [6.07, 6.45) is 0.327. The zero-order chi connectivity index (χ0) is 18.3. The summed E-state index contributed by atoms with van der Waals surface area (Å²) in [5.74, 6) is 0.646. The van der Waals surface area contributed by atoms with Gasteiger partial charge in [0.15, 0.2) is 11.5 Å². The normalized spacial score (nSPS) is 29.3. The Morgan fingerprint density at radius 2 is 1.96 bits per heavy atom. The van der Waals surface area contributed by atoms with Crippen LogP contribution in [0.25, 0.3) is 0 Å². The molecule has 8 nitrogen and oxygen atoms in total. The van der Waals surface area contributed by atoms with E-state index in [4.69, 9.17) is 9.47 Å². The average Bonchev–Trinajstić information content (AvgIpc) is 3.15. The fourth-order valence-corrected chi connectivity index (χ4v) is 4.88. The first-order valence-electron chi connectivity index (χ1n) is 8.42. The van der Waals surface area contributed by atoms with Gasteiger partial charge in [0.25, 0.3) is 11.8 Å². The van der Waals surface area contributed by atoms with Crippen molar-refractivity contribution in [1.29, 1.82) is 0 Å². The lowest BCUT2D eigenvalue weighted by Gasteiger charge is -2.30. The Bertz CT molecular complexity index is 773. The number of hydrazine groups is 1. The van der Waals surface area contributed by atoms with Gasteiger partial charge < -0.3 is 14.4 Å². The van der Waals surface area contributed by atoms with Gasteiger partial charge in [0.1, 0.15) is 12.6 Å². The Morgan fingerprint density at radius 1 is 1.23 bits per heavy atom. The molecule has 0 saturated carbocycles. The van der Waals surface area contributed by atoms with E-state index in [1.54, 1.807) is 34.9 Å². The SMILES string of the molecule is C[C@]12CCC(=O)N1[C@H](C(=O)NNC(=O)[C@H]1COc3ccccc3O1)CS2. The van der Waals surface area contributed by atoms with Crippen LogP contribution in [0.3, 0.4) is 0 Å². The maximum absolute atomic E-state index is 12.5. The maximum atomic E-state index is 12.5. The number of thioether (sulfide) groups is 1. The number of ether oxygens (including phenoxy) is 2. The standard InChI is InChI=1S/C17H19N3O5S/c1-17-7-6-14(21)20(17)10(9-26-17)15(22)18-19-16(23)13-8-24-11-4-2-3-5-12(11)25-13/h2-5,10,13H,6-9H2,1H3,(H,18,22)(H,19,23)/t10-,13+,17-/m0/s1. The second-order valence-electron chi connectivity index (χ2n) is 6.61. The zero-order valence-corrected chi connectivity index (χ0v) is 15.0. The van der Waals surface area contributed by atoms with Gasteiger partial charge in [-0.2, -0.15) is 0 Å². The quantitative estimate of drug-likeness (QED) is 0.726. The molecule has 4 rings (SSSR count). The monoisotopic (exact) mass is 377 g/mol. The van der Waals surface area contributed by atoms with Crippen LogP contribution in [0.1, 0.15) is 19.8 Å². The Balaban J connectivity index is 1.34. The number of para-hydroxylation sites is 2. The molecule has 3 aliphatic heterocycles. The van der Waals surface area contributed by atoms with Crippen molar-refractivity contribution in [3.05, 3.63) is 24.3 Å². The molecule has 1 aromatic rings. The van der Waals surface area contributed by atoms with E-state index in [0.717, 1.165) is 6.42 Å². The van der Waals surface area contributed by atoms with Crippen molar-refractivity contribution in [2.75, 3.05) is 12.4 Å². The Hall–Kier alpha value is -2.42. The van der Waals surface area contributed by atoms with Gasteiger partial charge in [-0.25, -0.2) is 0 Å². The van der Waals surface area contributed by atoms with E-state index in [2.05, 4.69) is 10.9 Å². The van der Waals surface area contributed by atoms with Gasteiger partial charge >= 0.3 is 0 Å². The van der Waals surface area contributed by atoms with Crippen molar-refractivity contribution in [2.45, 2.75) is 36.8 Å². The number of amides is 3. The molecule has 0 bridgehead atoms. The van der Waals surface area contributed by atoms with Crippen LogP contribution in [-0.4, -0.2) is 52.0 Å². The van der Waals surface area contributed by atoms with Crippen LogP contribution in [0.4, 0.5) is 0 Å². The number of benzene rings is 1. The zero-order valence-electron chi connectivity index (χ0n) is 14.2. The molecule has 3 atom stereocenters. The van der Waals surface area contributed by atoms with Gasteiger partial charge in [-0.15, -0.1) is 11.8 Å². The molecule has 0 aromatic heterocycles. The van der Waals surface area contributed by atoms with E-state index in [1.807, 2.05) is 13.0 Å². The van der Waals surface area contributed by atoms with Gasteiger partial charge in [-0.3, -0.25) is 25.2 Å². The Kier molecular flexibility index (Phi) is 4.18. The highest BCUT2D eigenvalue weighted by molar-refractivity contribution is 8.01. The van der Waals surface area contributed by atoms with Crippen molar-refractivity contribution in [1.82, 2.24) is 15.8 Å². The summed E-state index contributed by atoms with van der Waals surface area (Å²) in [6, 6.07) is 6.49. The Labute approximate surface area is 154 Å². The molecule has 0 radical (unpaired) electrons. The minimum Gasteiger partial charge on any atom is -0.485 e. The molecule has 3 aliphatic rings.